The van der Waals surface area contributed by atoms with Gasteiger partial charge in [-0.2, -0.15) is 11.8 Å². The first-order valence-electron chi connectivity index (χ1n) is 12.2. The fourth-order valence-corrected chi connectivity index (χ4v) is 5.67. The molecule has 2 rings (SSSR count). The molecule has 34 heavy (non-hydrogen) atoms. The van der Waals surface area contributed by atoms with Crippen molar-refractivity contribution in [3.63, 3.8) is 0 Å². The van der Waals surface area contributed by atoms with Gasteiger partial charge in [0.05, 0.1) is 12.1 Å². The van der Waals surface area contributed by atoms with Gasteiger partial charge in [0.25, 0.3) is 0 Å². The molecule has 0 saturated carbocycles. The van der Waals surface area contributed by atoms with Crippen LogP contribution < -0.4 is 21.3 Å². The number of hydrogen-bond donors (Lipinski definition) is 5. The number of carbonyl (C=O) groups is 4. The number of alkyl carbamates (subject to hydrolysis) is 1. The van der Waals surface area contributed by atoms with Gasteiger partial charge in [-0.25, -0.2) is 14.4 Å². The van der Waals surface area contributed by atoms with Gasteiger partial charge in [0.15, 0.2) is 0 Å². The lowest BCUT2D eigenvalue weighted by molar-refractivity contribution is -0.139. The van der Waals surface area contributed by atoms with Crippen LogP contribution in [0.25, 0.3) is 0 Å². The number of urea groups is 1. The fourth-order valence-electron chi connectivity index (χ4n) is 4.12. The smallest absolute Gasteiger partial charge is 0.408 e. The zero-order valence-corrected chi connectivity index (χ0v) is 21.3. The first-order chi connectivity index (χ1) is 16.0. The van der Waals surface area contributed by atoms with Crippen LogP contribution in [0.15, 0.2) is 0 Å². The Bertz CT molecular complexity index is 714. The number of ether oxygens (including phenoxy) is 1. The first-order valence-corrected chi connectivity index (χ1v) is 13.3. The predicted molar refractivity (Wildman–Crippen MR) is 131 cm³/mol. The van der Waals surface area contributed by atoms with Crippen molar-refractivity contribution in [3.8, 4) is 0 Å². The highest BCUT2D eigenvalue weighted by Gasteiger charge is 2.42. The molecule has 2 fully saturated rings. The molecule has 10 nitrogen and oxygen atoms in total. The number of fused-ring (bicyclic) bond motifs is 1. The van der Waals surface area contributed by atoms with E-state index in [1.807, 2.05) is 11.8 Å². The number of carboxylic acids is 1. The van der Waals surface area contributed by atoms with E-state index in [9.17, 15) is 24.3 Å². The summed E-state index contributed by atoms with van der Waals surface area (Å²) in [5.74, 6) is -0.0689. The number of nitrogens with one attached hydrogen (secondary N) is 4. The van der Waals surface area contributed by atoms with Gasteiger partial charge in [0.1, 0.15) is 11.6 Å². The summed E-state index contributed by atoms with van der Waals surface area (Å²) >= 11 is 1.89. The number of carbonyl (C=O) groups excluding carboxylic acids is 3. The minimum absolute atomic E-state index is 0.0558. The molecule has 2 unspecified atom stereocenters. The summed E-state index contributed by atoms with van der Waals surface area (Å²) in [6.45, 7) is 5.78. The van der Waals surface area contributed by atoms with Crippen LogP contribution in [-0.2, 0) is 14.3 Å². The quantitative estimate of drug-likeness (QED) is 0.182. The average molecular weight is 501 g/mol. The number of unbranched alkanes of at least 4 members (excludes halogenated alkanes) is 4. The minimum Gasteiger partial charge on any atom is -0.480 e. The van der Waals surface area contributed by atoms with Crippen molar-refractivity contribution in [1.29, 1.82) is 0 Å². The topological polar surface area (TPSA) is 146 Å². The summed E-state index contributed by atoms with van der Waals surface area (Å²) in [6.07, 6.45) is 6.11. The molecule has 194 valence electrons. The Kier molecular flexibility index (Phi) is 11.3. The van der Waals surface area contributed by atoms with Crippen molar-refractivity contribution in [2.24, 2.45) is 0 Å². The molecule has 0 aromatic rings. The molecule has 0 bridgehead atoms. The van der Waals surface area contributed by atoms with E-state index in [0.29, 0.717) is 31.1 Å². The maximum Gasteiger partial charge on any atom is 0.408 e. The van der Waals surface area contributed by atoms with E-state index in [0.717, 1.165) is 44.3 Å². The second kappa shape index (κ2) is 13.7. The molecule has 0 aromatic heterocycles. The molecule has 2 aliphatic rings. The van der Waals surface area contributed by atoms with Crippen LogP contribution >= 0.6 is 11.8 Å². The van der Waals surface area contributed by atoms with Gasteiger partial charge in [-0.1, -0.05) is 25.7 Å². The molecule has 0 aliphatic carbocycles. The molecule has 0 radical (unpaired) electrons. The van der Waals surface area contributed by atoms with Gasteiger partial charge in [0, 0.05) is 24.0 Å². The van der Waals surface area contributed by atoms with Crippen molar-refractivity contribution in [3.05, 3.63) is 0 Å². The lowest BCUT2D eigenvalue weighted by Gasteiger charge is -2.22. The Morgan fingerprint density at radius 2 is 1.85 bits per heavy atom. The normalized spacial score (nSPS) is 22.3. The number of carboxylic acid groups (broad SMARTS) is 1. The average Bonchev–Trinajstić information content (AvgIpc) is 3.27. The summed E-state index contributed by atoms with van der Waals surface area (Å²) in [4.78, 5) is 46.6. The van der Waals surface area contributed by atoms with Gasteiger partial charge in [0.2, 0.25) is 5.91 Å². The number of thioether (sulfide) groups is 1. The Labute approximate surface area is 206 Å². The van der Waals surface area contributed by atoms with Crippen molar-refractivity contribution in [2.75, 3.05) is 12.3 Å². The first kappa shape index (κ1) is 28.1. The second-order valence-corrected chi connectivity index (χ2v) is 11.2. The van der Waals surface area contributed by atoms with Crippen LogP contribution in [0, 0.1) is 0 Å². The monoisotopic (exact) mass is 500 g/mol. The molecule has 4 amide bonds. The van der Waals surface area contributed by atoms with Crippen molar-refractivity contribution < 1.29 is 29.0 Å². The third-order valence-electron chi connectivity index (χ3n) is 5.81. The van der Waals surface area contributed by atoms with Crippen molar-refractivity contribution in [1.82, 2.24) is 21.3 Å². The fraction of sp³-hybridized carbons (Fsp3) is 0.826. The Morgan fingerprint density at radius 3 is 2.56 bits per heavy atom. The number of amides is 4. The SMILES string of the molecule is CC(C)(C)OC(=O)NC(CCCCCCNC(=O)CCCCC1SC[C@@H]2NC(=O)N[C@H]12)C(=O)O. The Balaban J connectivity index is 1.46. The van der Waals surface area contributed by atoms with Gasteiger partial charge < -0.3 is 31.1 Å². The minimum atomic E-state index is -1.07. The van der Waals surface area contributed by atoms with Crippen LogP contribution in [0.4, 0.5) is 9.59 Å². The highest BCUT2D eigenvalue weighted by molar-refractivity contribution is 8.00. The zero-order valence-electron chi connectivity index (χ0n) is 20.5. The van der Waals surface area contributed by atoms with E-state index >= 15 is 0 Å². The molecular formula is C23H40N4O6S. The van der Waals surface area contributed by atoms with Crippen LogP contribution in [-0.4, -0.2) is 70.4 Å². The van der Waals surface area contributed by atoms with Crippen molar-refractivity contribution >= 4 is 35.8 Å². The lowest BCUT2D eigenvalue weighted by Crippen LogP contribution is -2.43. The van der Waals surface area contributed by atoms with E-state index in [1.165, 1.54) is 0 Å². The van der Waals surface area contributed by atoms with Crippen LogP contribution in [0.5, 0.6) is 0 Å². The highest BCUT2D eigenvalue weighted by atomic mass is 32.2. The standard InChI is InChI=1S/C23H40N4O6S/c1-23(2,3)33-22(32)26-15(20(29)30)10-6-4-5-9-13-24-18(28)12-8-7-11-17-19-16(14-34-17)25-21(31)27-19/h15-17,19H,4-14H2,1-3H3,(H,24,28)(H,26,32)(H,29,30)(H2,25,27,31)/t15?,16-,17?,19-/m0/s1. The predicted octanol–water partition coefficient (Wildman–Crippen LogP) is 2.76. The molecule has 2 saturated heterocycles. The summed E-state index contributed by atoms with van der Waals surface area (Å²) in [6, 6.07) is -0.588. The van der Waals surface area contributed by atoms with Gasteiger partial charge in [-0.15, -0.1) is 0 Å². The molecule has 2 aliphatic heterocycles. The largest absolute Gasteiger partial charge is 0.480 e. The van der Waals surface area contributed by atoms with Gasteiger partial charge >= 0.3 is 18.1 Å². The third kappa shape index (κ3) is 10.4. The Morgan fingerprint density at radius 1 is 1.12 bits per heavy atom. The summed E-state index contributed by atoms with van der Waals surface area (Å²) in [5.41, 5.74) is -0.678. The summed E-state index contributed by atoms with van der Waals surface area (Å²) < 4.78 is 5.11. The Hall–Kier alpha value is -2.17. The maximum absolute atomic E-state index is 12.0. The van der Waals surface area contributed by atoms with Crippen LogP contribution in [0.2, 0.25) is 0 Å². The molecule has 5 N–H and O–H groups in total. The van der Waals surface area contributed by atoms with E-state index < -0.39 is 23.7 Å². The van der Waals surface area contributed by atoms with Crippen molar-refractivity contribution in [2.45, 2.75) is 108 Å². The van der Waals surface area contributed by atoms with Gasteiger partial charge in [-0.3, -0.25) is 4.79 Å². The number of aliphatic carboxylic acids is 1. The van der Waals surface area contributed by atoms with E-state index in [1.54, 1.807) is 20.8 Å². The second-order valence-electron chi connectivity index (χ2n) is 9.96. The van der Waals surface area contributed by atoms with Gasteiger partial charge in [-0.05, 0) is 46.5 Å². The molecular weight excluding hydrogens is 460 g/mol. The molecule has 11 heteroatoms. The lowest BCUT2D eigenvalue weighted by atomic mass is 10.0. The molecule has 0 aromatic carbocycles. The molecule has 0 spiro atoms. The van der Waals surface area contributed by atoms with Crippen LogP contribution in [0.3, 0.4) is 0 Å². The molecule has 2 heterocycles. The van der Waals surface area contributed by atoms with E-state index in [4.69, 9.17) is 4.74 Å². The number of rotatable bonds is 14. The maximum atomic E-state index is 12.0. The van der Waals surface area contributed by atoms with E-state index in [2.05, 4.69) is 21.3 Å². The summed E-state index contributed by atoms with van der Waals surface area (Å²) in [5, 5.41) is 21.0. The van der Waals surface area contributed by atoms with E-state index in [-0.39, 0.29) is 24.0 Å². The molecule has 4 atom stereocenters. The zero-order chi connectivity index (χ0) is 25.1. The van der Waals surface area contributed by atoms with Crippen LogP contribution in [0.1, 0.15) is 78.6 Å². The number of hydrogen-bond acceptors (Lipinski definition) is 6. The highest BCUT2D eigenvalue weighted by Crippen LogP contribution is 2.33. The third-order valence-corrected chi connectivity index (χ3v) is 7.32. The summed E-state index contributed by atoms with van der Waals surface area (Å²) in [7, 11) is 0.